The lowest BCUT2D eigenvalue weighted by Crippen LogP contribution is -2.22. The predicted octanol–water partition coefficient (Wildman–Crippen LogP) is 4.76. The number of imide groups is 1. The van der Waals surface area contributed by atoms with Crippen LogP contribution in [0.5, 0.6) is 11.5 Å². The van der Waals surface area contributed by atoms with Gasteiger partial charge >= 0.3 is 6.03 Å². The van der Waals surface area contributed by atoms with Crippen molar-refractivity contribution in [1.29, 1.82) is 0 Å². The van der Waals surface area contributed by atoms with E-state index in [1.807, 2.05) is 31.2 Å². The molecule has 0 unspecified atom stereocenters. The number of rotatable bonds is 6. The summed E-state index contributed by atoms with van der Waals surface area (Å²) in [6, 6.07) is 17.4. The molecule has 3 amide bonds. The maximum absolute atomic E-state index is 11.8. The number of hydrogen-bond acceptors (Lipinski definition) is 4. The average Bonchev–Trinajstić information content (AvgIpc) is 3.04. The quantitative estimate of drug-likeness (QED) is 0.405. The van der Waals surface area contributed by atoms with Crippen LogP contribution in [0.3, 0.4) is 0 Å². The summed E-state index contributed by atoms with van der Waals surface area (Å²) in [5, 5.41) is 6.98. The van der Waals surface area contributed by atoms with Gasteiger partial charge in [0.05, 0.1) is 11.1 Å². The molecule has 1 aliphatic heterocycles. The van der Waals surface area contributed by atoms with Gasteiger partial charge in [0, 0.05) is 0 Å². The number of carbonyl (C=O) groups is 2. The summed E-state index contributed by atoms with van der Waals surface area (Å²) in [5.41, 5.74) is 1.91. The van der Waals surface area contributed by atoms with Gasteiger partial charge in [-0.2, -0.15) is 0 Å². The molecule has 0 saturated carbocycles. The van der Waals surface area contributed by atoms with Crippen molar-refractivity contribution in [2.45, 2.75) is 13.5 Å². The van der Waals surface area contributed by atoms with Gasteiger partial charge in [-0.05, 0) is 69.0 Å². The summed E-state index contributed by atoms with van der Waals surface area (Å²) in [7, 11) is 0. The number of fused-ring (bicyclic) bond motifs is 1. The summed E-state index contributed by atoms with van der Waals surface area (Å²) in [5.74, 6) is 0.655. The molecule has 1 fully saturated rings. The van der Waals surface area contributed by atoms with Gasteiger partial charge in [-0.25, -0.2) is 4.79 Å². The van der Waals surface area contributed by atoms with E-state index in [1.165, 1.54) is 5.39 Å². The normalized spacial score (nSPS) is 14.7. The van der Waals surface area contributed by atoms with Gasteiger partial charge in [-0.15, -0.1) is 0 Å². The third-order valence-corrected chi connectivity index (χ3v) is 5.15. The first-order valence-electron chi connectivity index (χ1n) is 9.44. The Morgan fingerprint density at radius 3 is 2.50 bits per heavy atom. The molecule has 3 aromatic rings. The SMILES string of the molecule is CCOc1cc(/C=C2/NC(=O)NC2=O)cc(Br)c1OCc1ccc2ccccc2c1. The zero-order valence-corrected chi connectivity index (χ0v) is 17.8. The number of carbonyl (C=O) groups excluding carboxylic acids is 2. The van der Waals surface area contributed by atoms with Crippen LogP contribution in [0.1, 0.15) is 18.1 Å². The van der Waals surface area contributed by atoms with Gasteiger partial charge in [0.15, 0.2) is 11.5 Å². The van der Waals surface area contributed by atoms with E-state index in [0.29, 0.717) is 34.7 Å². The van der Waals surface area contributed by atoms with Crippen LogP contribution in [0.2, 0.25) is 0 Å². The molecule has 0 atom stereocenters. The molecular weight excluding hydrogens is 448 g/mol. The van der Waals surface area contributed by atoms with Crippen molar-refractivity contribution < 1.29 is 19.1 Å². The Bertz CT molecular complexity index is 1170. The highest BCUT2D eigenvalue weighted by Gasteiger charge is 2.23. The number of urea groups is 1. The molecule has 0 spiro atoms. The Labute approximate surface area is 182 Å². The van der Waals surface area contributed by atoms with Crippen molar-refractivity contribution in [1.82, 2.24) is 10.6 Å². The lowest BCUT2D eigenvalue weighted by atomic mass is 10.1. The highest BCUT2D eigenvalue weighted by molar-refractivity contribution is 9.10. The van der Waals surface area contributed by atoms with E-state index in [2.05, 4.69) is 50.8 Å². The third kappa shape index (κ3) is 4.31. The molecule has 0 radical (unpaired) electrons. The van der Waals surface area contributed by atoms with E-state index >= 15 is 0 Å². The molecule has 3 aromatic carbocycles. The van der Waals surface area contributed by atoms with Gasteiger partial charge in [0.25, 0.3) is 5.91 Å². The maximum atomic E-state index is 11.8. The molecule has 7 heteroatoms. The van der Waals surface area contributed by atoms with Crippen molar-refractivity contribution in [3.8, 4) is 11.5 Å². The van der Waals surface area contributed by atoms with Gasteiger partial charge in [-0.1, -0.05) is 36.4 Å². The largest absolute Gasteiger partial charge is 0.490 e. The second-order valence-corrected chi connectivity index (χ2v) is 7.55. The molecule has 30 heavy (non-hydrogen) atoms. The molecule has 6 nitrogen and oxygen atoms in total. The molecular formula is C23H19BrN2O4. The first-order valence-corrected chi connectivity index (χ1v) is 10.2. The molecule has 2 N–H and O–H groups in total. The molecule has 1 saturated heterocycles. The topological polar surface area (TPSA) is 76.7 Å². The zero-order chi connectivity index (χ0) is 21.1. The van der Waals surface area contributed by atoms with Crippen LogP contribution < -0.4 is 20.1 Å². The minimum Gasteiger partial charge on any atom is -0.490 e. The molecule has 0 aliphatic carbocycles. The van der Waals surface area contributed by atoms with Crippen LogP contribution in [-0.4, -0.2) is 18.5 Å². The third-order valence-electron chi connectivity index (χ3n) is 4.56. The highest BCUT2D eigenvalue weighted by atomic mass is 79.9. The summed E-state index contributed by atoms with van der Waals surface area (Å²) < 4.78 is 12.5. The van der Waals surface area contributed by atoms with Crippen molar-refractivity contribution >= 4 is 44.7 Å². The molecule has 0 aromatic heterocycles. The number of ether oxygens (including phenoxy) is 2. The molecule has 4 rings (SSSR count). The van der Waals surface area contributed by atoms with E-state index < -0.39 is 11.9 Å². The summed E-state index contributed by atoms with van der Waals surface area (Å²) in [6.07, 6.45) is 1.58. The van der Waals surface area contributed by atoms with Crippen LogP contribution in [0.15, 0.2) is 64.8 Å². The molecule has 1 heterocycles. The van der Waals surface area contributed by atoms with Crippen LogP contribution in [-0.2, 0) is 11.4 Å². The van der Waals surface area contributed by atoms with Crippen molar-refractivity contribution in [2.24, 2.45) is 0 Å². The predicted molar refractivity (Wildman–Crippen MR) is 118 cm³/mol. The fourth-order valence-electron chi connectivity index (χ4n) is 3.21. The van der Waals surface area contributed by atoms with Crippen molar-refractivity contribution in [2.75, 3.05) is 6.61 Å². The Morgan fingerprint density at radius 2 is 1.77 bits per heavy atom. The number of halogens is 1. The van der Waals surface area contributed by atoms with Gasteiger partial charge in [-0.3, -0.25) is 10.1 Å². The van der Waals surface area contributed by atoms with E-state index in [1.54, 1.807) is 12.1 Å². The van der Waals surface area contributed by atoms with E-state index in [0.717, 1.165) is 10.9 Å². The van der Waals surface area contributed by atoms with Gasteiger partial charge in [0.1, 0.15) is 12.3 Å². The second kappa shape index (κ2) is 8.59. The van der Waals surface area contributed by atoms with E-state index in [9.17, 15) is 9.59 Å². The van der Waals surface area contributed by atoms with Crippen molar-refractivity contribution in [3.63, 3.8) is 0 Å². The Kier molecular flexibility index (Phi) is 5.72. The maximum Gasteiger partial charge on any atom is 0.326 e. The molecule has 1 aliphatic rings. The van der Waals surface area contributed by atoms with Crippen LogP contribution in [0.4, 0.5) is 4.79 Å². The van der Waals surface area contributed by atoms with Crippen LogP contribution >= 0.6 is 15.9 Å². The number of amides is 3. The first-order chi connectivity index (χ1) is 14.5. The smallest absolute Gasteiger partial charge is 0.326 e. The first kappa shape index (κ1) is 20.0. The van der Waals surface area contributed by atoms with E-state index in [-0.39, 0.29) is 5.70 Å². The zero-order valence-electron chi connectivity index (χ0n) is 16.2. The lowest BCUT2D eigenvalue weighted by molar-refractivity contribution is -0.115. The minimum atomic E-state index is -0.536. The number of benzene rings is 3. The monoisotopic (exact) mass is 466 g/mol. The summed E-state index contributed by atoms with van der Waals surface area (Å²) >= 11 is 3.54. The average molecular weight is 467 g/mol. The fourth-order valence-corrected chi connectivity index (χ4v) is 3.78. The molecule has 0 bridgehead atoms. The summed E-state index contributed by atoms with van der Waals surface area (Å²) in [6.45, 7) is 2.72. The van der Waals surface area contributed by atoms with Gasteiger partial charge in [0.2, 0.25) is 0 Å². The standard InChI is InChI=1S/C23H19BrN2O4/c1-2-29-20-12-15(11-19-22(27)26-23(28)25-19)10-18(24)21(20)30-13-14-7-8-16-5-3-4-6-17(16)9-14/h3-12H,2,13H2,1H3,(H2,25,26,27,28)/b19-11+. The van der Waals surface area contributed by atoms with Crippen LogP contribution in [0.25, 0.3) is 16.8 Å². The van der Waals surface area contributed by atoms with Crippen molar-refractivity contribution in [3.05, 3.63) is 75.9 Å². The fraction of sp³-hybridized carbons (Fsp3) is 0.130. The van der Waals surface area contributed by atoms with Crippen LogP contribution in [0, 0.1) is 0 Å². The van der Waals surface area contributed by atoms with E-state index in [4.69, 9.17) is 9.47 Å². The Balaban J connectivity index is 1.59. The number of nitrogens with one attached hydrogen (secondary N) is 2. The molecule has 152 valence electrons. The Morgan fingerprint density at radius 1 is 0.967 bits per heavy atom. The minimum absolute atomic E-state index is 0.180. The summed E-state index contributed by atoms with van der Waals surface area (Å²) in [4.78, 5) is 23.1. The highest BCUT2D eigenvalue weighted by Crippen LogP contribution is 2.38. The second-order valence-electron chi connectivity index (χ2n) is 6.70. The lowest BCUT2D eigenvalue weighted by Gasteiger charge is -2.15. The number of hydrogen-bond donors (Lipinski definition) is 2. The Hall–Kier alpha value is -3.32. The van der Waals surface area contributed by atoms with Gasteiger partial charge < -0.3 is 14.8 Å².